The van der Waals surface area contributed by atoms with Crippen LogP contribution >= 0.6 is 11.6 Å². The minimum absolute atomic E-state index is 0.258. The number of carbonyl (C=O) groups is 1. The number of fused-ring (bicyclic) bond motifs is 1. The number of benzene rings is 2. The van der Waals surface area contributed by atoms with E-state index in [1.807, 2.05) is 37.3 Å². The van der Waals surface area contributed by atoms with Gasteiger partial charge in [-0.25, -0.2) is 4.98 Å². The minimum atomic E-state index is -0.290. The maximum atomic E-state index is 12.3. The van der Waals surface area contributed by atoms with Gasteiger partial charge in [0.05, 0.1) is 11.9 Å². The van der Waals surface area contributed by atoms with Gasteiger partial charge in [0.1, 0.15) is 5.69 Å². The van der Waals surface area contributed by atoms with Crippen LogP contribution in [0.5, 0.6) is 11.5 Å². The molecule has 0 radical (unpaired) electrons. The van der Waals surface area contributed by atoms with Crippen LogP contribution < -0.4 is 20.1 Å². The van der Waals surface area contributed by atoms with Gasteiger partial charge in [-0.2, -0.15) is 0 Å². The molecule has 3 aromatic rings. The van der Waals surface area contributed by atoms with Crippen molar-refractivity contribution < 1.29 is 14.3 Å². The standard InChI is InChI=1S/C21H18ClN3O3/c1-13-2-4-15(9-17(13)22)25-21(26)18-6-5-16(11-24-18)23-10-14-3-7-19-20(8-14)28-12-27-19/h2-9,11,23H,10,12H2,1H3,(H,25,26). The van der Waals surface area contributed by atoms with Crippen LogP contribution in [0.25, 0.3) is 0 Å². The summed E-state index contributed by atoms with van der Waals surface area (Å²) in [4.78, 5) is 16.6. The number of amides is 1. The molecule has 4 rings (SSSR count). The molecule has 0 spiro atoms. The van der Waals surface area contributed by atoms with Crippen molar-refractivity contribution in [1.29, 1.82) is 0 Å². The number of pyridine rings is 1. The summed E-state index contributed by atoms with van der Waals surface area (Å²) in [6.45, 7) is 2.77. The van der Waals surface area contributed by atoms with Crippen molar-refractivity contribution in [3.63, 3.8) is 0 Å². The number of aromatic nitrogens is 1. The van der Waals surface area contributed by atoms with E-state index in [9.17, 15) is 4.79 Å². The second-order valence-corrected chi connectivity index (χ2v) is 6.80. The van der Waals surface area contributed by atoms with Gasteiger partial charge in [-0.15, -0.1) is 0 Å². The van der Waals surface area contributed by atoms with Gasteiger partial charge in [0.2, 0.25) is 6.79 Å². The minimum Gasteiger partial charge on any atom is -0.454 e. The summed E-state index contributed by atoms with van der Waals surface area (Å²) in [5.74, 6) is 1.22. The third-order valence-electron chi connectivity index (χ3n) is 4.36. The van der Waals surface area contributed by atoms with Gasteiger partial charge in [-0.3, -0.25) is 4.79 Å². The van der Waals surface area contributed by atoms with Crippen molar-refractivity contribution >= 4 is 28.9 Å². The molecule has 2 N–H and O–H groups in total. The Labute approximate surface area is 167 Å². The van der Waals surface area contributed by atoms with Crippen LogP contribution in [-0.4, -0.2) is 17.7 Å². The fourth-order valence-electron chi connectivity index (χ4n) is 2.75. The van der Waals surface area contributed by atoms with Crippen molar-refractivity contribution in [2.45, 2.75) is 13.5 Å². The molecule has 1 aromatic heterocycles. The van der Waals surface area contributed by atoms with Gasteiger partial charge in [0.25, 0.3) is 5.91 Å². The van der Waals surface area contributed by atoms with Crippen LogP contribution in [0.15, 0.2) is 54.7 Å². The first kappa shape index (κ1) is 18.1. The molecule has 28 heavy (non-hydrogen) atoms. The molecule has 0 aliphatic carbocycles. The highest BCUT2D eigenvalue weighted by Crippen LogP contribution is 2.32. The van der Waals surface area contributed by atoms with Crippen LogP contribution in [-0.2, 0) is 6.54 Å². The Kier molecular flexibility index (Phi) is 5.04. The lowest BCUT2D eigenvalue weighted by Gasteiger charge is -2.09. The Hall–Kier alpha value is -3.25. The first-order chi connectivity index (χ1) is 13.6. The van der Waals surface area contributed by atoms with E-state index in [1.165, 1.54) is 0 Å². The maximum Gasteiger partial charge on any atom is 0.274 e. The SMILES string of the molecule is Cc1ccc(NC(=O)c2ccc(NCc3ccc4c(c3)OCO4)cn2)cc1Cl. The van der Waals surface area contributed by atoms with Crippen LogP contribution in [0.3, 0.4) is 0 Å². The number of ether oxygens (including phenoxy) is 2. The molecule has 0 atom stereocenters. The summed E-state index contributed by atoms with van der Waals surface area (Å²) < 4.78 is 10.7. The number of hydrogen-bond donors (Lipinski definition) is 2. The molecule has 0 saturated carbocycles. The van der Waals surface area contributed by atoms with E-state index >= 15 is 0 Å². The van der Waals surface area contributed by atoms with Crippen molar-refractivity contribution in [2.24, 2.45) is 0 Å². The lowest BCUT2D eigenvalue weighted by molar-refractivity contribution is 0.102. The molecule has 2 heterocycles. The molecule has 142 valence electrons. The second kappa shape index (κ2) is 7.78. The number of carbonyl (C=O) groups excluding carboxylic acids is 1. The van der Waals surface area contributed by atoms with Gasteiger partial charge in [0, 0.05) is 17.3 Å². The number of rotatable bonds is 5. The molecule has 6 nitrogen and oxygen atoms in total. The van der Waals surface area contributed by atoms with Crippen molar-refractivity contribution in [1.82, 2.24) is 4.98 Å². The molecule has 0 fully saturated rings. The monoisotopic (exact) mass is 395 g/mol. The Morgan fingerprint density at radius 1 is 1.07 bits per heavy atom. The van der Waals surface area contributed by atoms with Gasteiger partial charge < -0.3 is 20.1 Å². The molecule has 0 unspecified atom stereocenters. The van der Waals surface area contributed by atoms with E-state index in [-0.39, 0.29) is 12.7 Å². The molecular weight excluding hydrogens is 378 g/mol. The fraction of sp³-hybridized carbons (Fsp3) is 0.143. The highest BCUT2D eigenvalue weighted by atomic mass is 35.5. The molecular formula is C21H18ClN3O3. The smallest absolute Gasteiger partial charge is 0.274 e. The van der Waals surface area contributed by atoms with E-state index in [0.29, 0.717) is 22.9 Å². The predicted octanol–water partition coefficient (Wildman–Crippen LogP) is 4.64. The van der Waals surface area contributed by atoms with Crippen LogP contribution in [0.2, 0.25) is 5.02 Å². The molecule has 7 heteroatoms. The summed E-state index contributed by atoms with van der Waals surface area (Å²) in [6, 6.07) is 14.7. The molecule has 1 aliphatic heterocycles. The average Bonchev–Trinajstić information content (AvgIpc) is 3.17. The van der Waals surface area contributed by atoms with E-state index in [2.05, 4.69) is 15.6 Å². The molecule has 0 saturated heterocycles. The summed E-state index contributed by atoms with van der Waals surface area (Å²) >= 11 is 6.09. The number of anilines is 2. The number of hydrogen-bond acceptors (Lipinski definition) is 5. The maximum absolute atomic E-state index is 12.3. The van der Waals surface area contributed by atoms with Gasteiger partial charge in [-0.1, -0.05) is 23.7 Å². The van der Waals surface area contributed by atoms with Gasteiger partial charge >= 0.3 is 0 Å². The average molecular weight is 396 g/mol. The third kappa shape index (κ3) is 4.02. The molecule has 0 bridgehead atoms. The van der Waals surface area contributed by atoms with E-state index in [0.717, 1.165) is 28.3 Å². The second-order valence-electron chi connectivity index (χ2n) is 6.39. The van der Waals surface area contributed by atoms with Crippen LogP contribution in [0, 0.1) is 6.92 Å². The predicted molar refractivity (Wildman–Crippen MR) is 108 cm³/mol. The number of halogens is 1. The molecule has 1 aliphatic rings. The van der Waals surface area contributed by atoms with Crippen molar-refractivity contribution in [3.05, 3.63) is 76.6 Å². The number of nitrogens with zero attached hydrogens (tertiary/aromatic N) is 1. The third-order valence-corrected chi connectivity index (χ3v) is 4.77. The largest absolute Gasteiger partial charge is 0.454 e. The summed E-state index contributed by atoms with van der Waals surface area (Å²) in [5.41, 5.74) is 3.78. The van der Waals surface area contributed by atoms with Crippen molar-refractivity contribution in [3.8, 4) is 11.5 Å². The van der Waals surface area contributed by atoms with Crippen molar-refractivity contribution in [2.75, 3.05) is 17.4 Å². The zero-order valence-electron chi connectivity index (χ0n) is 15.2. The summed E-state index contributed by atoms with van der Waals surface area (Å²) in [5, 5.41) is 6.67. The number of nitrogens with one attached hydrogen (secondary N) is 2. The Balaban J connectivity index is 1.36. The Morgan fingerprint density at radius 2 is 1.89 bits per heavy atom. The van der Waals surface area contributed by atoms with Gasteiger partial charge in [-0.05, 0) is 54.4 Å². The van der Waals surface area contributed by atoms with E-state index < -0.39 is 0 Å². The Morgan fingerprint density at radius 3 is 2.68 bits per heavy atom. The quantitative estimate of drug-likeness (QED) is 0.658. The topological polar surface area (TPSA) is 72.5 Å². The zero-order chi connectivity index (χ0) is 19.5. The van der Waals surface area contributed by atoms with E-state index in [1.54, 1.807) is 24.4 Å². The number of aryl methyl sites for hydroxylation is 1. The van der Waals surface area contributed by atoms with Crippen LogP contribution in [0.4, 0.5) is 11.4 Å². The van der Waals surface area contributed by atoms with E-state index in [4.69, 9.17) is 21.1 Å². The van der Waals surface area contributed by atoms with Crippen LogP contribution in [0.1, 0.15) is 21.6 Å². The zero-order valence-corrected chi connectivity index (χ0v) is 15.9. The summed E-state index contributed by atoms with van der Waals surface area (Å²) in [6.07, 6.45) is 1.63. The first-order valence-electron chi connectivity index (χ1n) is 8.74. The highest BCUT2D eigenvalue weighted by molar-refractivity contribution is 6.31. The lowest BCUT2D eigenvalue weighted by Crippen LogP contribution is -2.13. The normalized spacial score (nSPS) is 11.9. The molecule has 1 amide bonds. The summed E-state index contributed by atoms with van der Waals surface area (Å²) in [7, 11) is 0. The first-order valence-corrected chi connectivity index (χ1v) is 9.12. The fourth-order valence-corrected chi connectivity index (χ4v) is 2.93. The van der Waals surface area contributed by atoms with Gasteiger partial charge in [0.15, 0.2) is 11.5 Å². The lowest BCUT2D eigenvalue weighted by atomic mass is 10.2. The Bertz CT molecular complexity index is 1020. The highest BCUT2D eigenvalue weighted by Gasteiger charge is 2.13. The molecule has 2 aromatic carbocycles.